The van der Waals surface area contributed by atoms with Crippen molar-refractivity contribution in [3.8, 4) is 5.75 Å². The molecular weight excluding hydrogens is 757 g/mol. The van der Waals surface area contributed by atoms with Crippen molar-refractivity contribution in [3.63, 3.8) is 0 Å². The lowest BCUT2D eigenvalue weighted by Crippen LogP contribution is -2.41. The molecule has 12 heteroatoms. The van der Waals surface area contributed by atoms with Crippen LogP contribution in [0.2, 0.25) is 36.3 Å². The molecule has 1 aliphatic carbocycles. The molecule has 304 valence electrons. The predicted octanol–water partition coefficient (Wildman–Crippen LogP) is 10.1. The van der Waals surface area contributed by atoms with Gasteiger partial charge in [-0.15, -0.1) is 0 Å². The van der Waals surface area contributed by atoms with Crippen molar-refractivity contribution in [2.45, 2.75) is 108 Å². The molecular formula is C44H62N2O7SSi2. The molecule has 1 atom stereocenters. The summed E-state index contributed by atoms with van der Waals surface area (Å²) in [5.41, 5.74) is 5.01. The van der Waals surface area contributed by atoms with Gasteiger partial charge in [0.25, 0.3) is 0 Å². The highest BCUT2D eigenvalue weighted by atomic mass is 32.2. The molecule has 4 aromatic rings. The maximum atomic E-state index is 14.6. The Kier molecular flexibility index (Phi) is 13.7. The summed E-state index contributed by atoms with van der Waals surface area (Å²) in [6, 6.07) is 20.5. The number of nitrogens with one attached hydrogen (secondary N) is 1. The molecule has 3 aromatic carbocycles. The van der Waals surface area contributed by atoms with Crippen LogP contribution >= 0.6 is 0 Å². The second kappa shape index (κ2) is 17.5. The van der Waals surface area contributed by atoms with Crippen molar-refractivity contribution in [1.29, 1.82) is 0 Å². The van der Waals surface area contributed by atoms with Crippen molar-refractivity contribution in [2.24, 2.45) is 0 Å². The first-order valence-corrected chi connectivity index (χ1v) is 27.0. The van der Waals surface area contributed by atoms with Crippen molar-refractivity contribution in [1.82, 2.24) is 9.29 Å². The fourth-order valence-electron chi connectivity index (χ4n) is 6.41. The Morgan fingerprint density at radius 2 is 1.50 bits per heavy atom. The Balaban J connectivity index is 1.29. The van der Waals surface area contributed by atoms with Gasteiger partial charge < -0.3 is 23.3 Å². The fourth-order valence-corrected chi connectivity index (χ4v) is 10.1. The first-order valence-electron chi connectivity index (χ1n) is 19.7. The highest BCUT2D eigenvalue weighted by Crippen LogP contribution is 2.40. The number of hydrogen-bond donors (Lipinski definition) is 1. The van der Waals surface area contributed by atoms with Gasteiger partial charge in [0.1, 0.15) is 19.0 Å². The van der Waals surface area contributed by atoms with E-state index < -0.39 is 32.6 Å². The maximum Gasteiger partial charge on any atom is 0.330 e. The summed E-state index contributed by atoms with van der Waals surface area (Å²) in [5.74, 6) is 0.177. The van der Waals surface area contributed by atoms with E-state index in [1.807, 2.05) is 42.6 Å². The van der Waals surface area contributed by atoms with E-state index in [1.54, 1.807) is 34.6 Å². The smallest absolute Gasteiger partial charge is 0.330 e. The van der Waals surface area contributed by atoms with E-state index in [2.05, 4.69) is 78.8 Å². The average molecular weight is 819 g/mol. The molecule has 9 nitrogen and oxygen atoms in total. The first kappa shape index (κ1) is 43.6. The van der Waals surface area contributed by atoms with Crippen LogP contribution in [0, 0.1) is 0 Å². The van der Waals surface area contributed by atoms with Crippen molar-refractivity contribution in [2.75, 3.05) is 33.0 Å². The Morgan fingerprint density at radius 1 is 0.857 bits per heavy atom. The summed E-state index contributed by atoms with van der Waals surface area (Å²) in [6.07, 6.45) is 7.09. The quantitative estimate of drug-likeness (QED) is 0.0489. The highest BCUT2D eigenvalue weighted by molar-refractivity contribution is 7.89. The normalized spacial score (nSPS) is 15.5. The van der Waals surface area contributed by atoms with Gasteiger partial charge in [-0.25, -0.2) is 13.2 Å². The second-order valence-corrected chi connectivity index (χ2v) is 29.3. The third kappa shape index (κ3) is 10.5. The summed E-state index contributed by atoms with van der Waals surface area (Å²) in [6.45, 7) is 23.7. The summed E-state index contributed by atoms with van der Waals surface area (Å²) in [5, 5.41) is 1.29. The lowest BCUT2D eigenvalue weighted by Gasteiger charge is -2.36. The van der Waals surface area contributed by atoms with Crippen LogP contribution in [0.4, 0.5) is 0 Å². The van der Waals surface area contributed by atoms with Crippen LogP contribution < -0.4 is 4.74 Å². The molecule has 1 heterocycles. The van der Waals surface area contributed by atoms with E-state index >= 15 is 0 Å². The number of fused-ring (bicyclic) bond motifs is 2. The third-order valence-electron chi connectivity index (χ3n) is 11.9. The van der Waals surface area contributed by atoms with Gasteiger partial charge in [0, 0.05) is 29.7 Å². The minimum Gasteiger partial charge on any atom is -0.491 e. The number of carbonyl (C=O) groups is 1. The Hall–Kier alpha value is -3.53. The Morgan fingerprint density at radius 3 is 2.16 bits per heavy atom. The van der Waals surface area contributed by atoms with Gasteiger partial charge in [0.05, 0.1) is 24.2 Å². The summed E-state index contributed by atoms with van der Waals surface area (Å²) < 4.78 is 54.6. The number of carbonyl (C=O) groups excluding carboxylic acids is 1. The SMILES string of the molecule is CC(C)(C)[Si](C)(C)OCCOC(=O)/C=C/c1ccc2c(c1)CCC2N(CCc1c[nH]c2ccccc12)S(=O)(=O)c1ccc(OCCO[Si](C)(C)C(C)(C)C)cc1. The highest BCUT2D eigenvalue weighted by Gasteiger charge is 2.39. The molecule has 1 aliphatic rings. The van der Waals surface area contributed by atoms with E-state index in [-0.39, 0.29) is 27.6 Å². The number of aromatic nitrogens is 1. The Bertz CT molecular complexity index is 2100. The van der Waals surface area contributed by atoms with Gasteiger partial charge in [0.15, 0.2) is 16.6 Å². The molecule has 5 rings (SSSR count). The molecule has 0 spiro atoms. The largest absolute Gasteiger partial charge is 0.491 e. The lowest BCUT2D eigenvalue weighted by molar-refractivity contribution is -0.138. The van der Waals surface area contributed by atoms with Gasteiger partial charge in [-0.3, -0.25) is 0 Å². The van der Waals surface area contributed by atoms with Crippen LogP contribution in [0.5, 0.6) is 5.75 Å². The molecule has 0 saturated heterocycles. The van der Waals surface area contributed by atoms with Crippen molar-refractivity contribution >= 4 is 49.6 Å². The molecule has 0 bridgehead atoms. The van der Waals surface area contributed by atoms with Crippen LogP contribution in [-0.4, -0.2) is 73.3 Å². The van der Waals surface area contributed by atoms with E-state index in [9.17, 15) is 13.2 Å². The molecule has 56 heavy (non-hydrogen) atoms. The van der Waals surface area contributed by atoms with Gasteiger partial charge in [-0.1, -0.05) is 77.9 Å². The van der Waals surface area contributed by atoms with E-state index in [1.165, 1.54) is 6.08 Å². The van der Waals surface area contributed by atoms with E-state index in [0.717, 1.165) is 39.6 Å². The number of para-hydroxylation sites is 1. The number of aryl methyl sites for hydroxylation is 1. The van der Waals surface area contributed by atoms with Crippen molar-refractivity contribution < 1.29 is 31.5 Å². The molecule has 0 amide bonds. The number of ether oxygens (including phenoxy) is 2. The van der Waals surface area contributed by atoms with Crippen LogP contribution in [-0.2, 0) is 41.2 Å². The monoisotopic (exact) mass is 818 g/mol. The number of aromatic amines is 1. The van der Waals surface area contributed by atoms with Crippen LogP contribution in [0.1, 0.15) is 76.3 Å². The molecule has 0 fully saturated rings. The zero-order valence-electron chi connectivity index (χ0n) is 35.0. The lowest BCUT2D eigenvalue weighted by atomic mass is 10.0. The maximum absolute atomic E-state index is 14.6. The summed E-state index contributed by atoms with van der Waals surface area (Å²) in [7, 11) is -7.71. The van der Waals surface area contributed by atoms with Gasteiger partial charge in [-0.05, 0) is 114 Å². The second-order valence-electron chi connectivity index (χ2n) is 17.8. The van der Waals surface area contributed by atoms with E-state index in [0.29, 0.717) is 45.0 Å². The van der Waals surface area contributed by atoms with Crippen molar-refractivity contribution in [3.05, 3.63) is 101 Å². The Labute approximate surface area is 337 Å². The van der Waals surface area contributed by atoms with Crippen LogP contribution in [0.3, 0.4) is 0 Å². The molecule has 0 aliphatic heterocycles. The van der Waals surface area contributed by atoms with Crippen LogP contribution in [0.15, 0.2) is 83.9 Å². The summed E-state index contributed by atoms with van der Waals surface area (Å²) in [4.78, 5) is 16.1. The van der Waals surface area contributed by atoms with Crippen LogP contribution in [0.25, 0.3) is 17.0 Å². The fraction of sp³-hybridized carbons (Fsp3) is 0.477. The number of hydrogen-bond acceptors (Lipinski definition) is 7. The zero-order chi connectivity index (χ0) is 40.9. The number of H-pyrrole nitrogens is 1. The van der Waals surface area contributed by atoms with E-state index in [4.69, 9.17) is 18.3 Å². The number of benzene rings is 3. The number of rotatable bonds is 17. The summed E-state index contributed by atoms with van der Waals surface area (Å²) >= 11 is 0. The number of sulfonamides is 1. The first-order chi connectivity index (χ1) is 26.2. The molecule has 1 unspecified atom stereocenters. The average Bonchev–Trinajstić information content (AvgIpc) is 3.74. The molecule has 1 N–H and O–H groups in total. The van der Waals surface area contributed by atoms with Gasteiger partial charge in [-0.2, -0.15) is 4.31 Å². The number of esters is 1. The predicted molar refractivity (Wildman–Crippen MR) is 232 cm³/mol. The molecule has 0 radical (unpaired) electrons. The number of nitrogens with zero attached hydrogens (tertiary/aromatic N) is 1. The van der Waals surface area contributed by atoms with Gasteiger partial charge >= 0.3 is 5.97 Å². The minimum absolute atomic E-state index is 0.0871. The molecule has 1 aromatic heterocycles. The van der Waals surface area contributed by atoms with Gasteiger partial charge in [0.2, 0.25) is 10.0 Å². The topological polar surface area (TPSA) is 107 Å². The minimum atomic E-state index is -3.91. The third-order valence-corrected chi connectivity index (χ3v) is 22.9. The molecule has 0 saturated carbocycles. The standard InChI is InChI=1S/C44H62N2O7SSi2/c1-43(2,3)55(7,8)52-29-27-50-36-18-20-37(21-19-36)54(48,49)46(26-25-35-32-45-40-14-12-11-13-38(35)40)41-23-17-34-31-33(15-22-39(34)41)16-24-42(47)51-28-30-53-56(9,10)44(4,5)6/h11-16,18-22,24,31-32,41,45H,17,23,25-30H2,1-10H3/b24-16+. The zero-order valence-corrected chi connectivity index (χ0v) is 37.8.